The molecule has 2 aromatic rings. The maximum Gasteiger partial charge on any atom is 0.273 e. The van der Waals surface area contributed by atoms with E-state index in [1.165, 1.54) is 41.4 Å². The number of hydrazone groups is 1. The molecule has 0 radical (unpaired) electrons. The van der Waals surface area contributed by atoms with Crippen LogP contribution in [0.1, 0.15) is 28.8 Å². The lowest BCUT2D eigenvalue weighted by Gasteiger charge is -2.23. The van der Waals surface area contributed by atoms with Gasteiger partial charge >= 0.3 is 0 Å². The molecule has 0 atom stereocenters. The Morgan fingerprint density at radius 2 is 1.79 bits per heavy atom. The number of hydrogen-bond donors (Lipinski definition) is 0. The van der Waals surface area contributed by atoms with Crippen LogP contribution >= 0.6 is 0 Å². The van der Waals surface area contributed by atoms with Crippen LogP contribution in [-0.4, -0.2) is 28.1 Å². The van der Waals surface area contributed by atoms with E-state index < -0.39 is 4.92 Å². The van der Waals surface area contributed by atoms with E-state index >= 15 is 0 Å². The highest BCUT2D eigenvalue weighted by molar-refractivity contribution is 6.03. The van der Waals surface area contributed by atoms with Crippen LogP contribution in [0.4, 0.5) is 10.1 Å². The van der Waals surface area contributed by atoms with E-state index in [9.17, 15) is 19.3 Å². The van der Waals surface area contributed by atoms with Gasteiger partial charge in [0, 0.05) is 24.2 Å². The van der Waals surface area contributed by atoms with Crippen LogP contribution < -0.4 is 0 Å². The average Bonchev–Trinajstić information content (AvgIpc) is 2.62. The van der Waals surface area contributed by atoms with Crippen molar-refractivity contribution in [1.29, 1.82) is 0 Å². The van der Waals surface area contributed by atoms with E-state index in [0.717, 1.165) is 17.7 Å². The zero-order valence-electron chi connectivity index (χ0n) is 12.7. The Labute approximate surface area is 137 Å². The van der Waals surface area contributed by atoms with Gasteiger partial charge in [-0.3, -0.25) is 14.9 Å². The molecule has 0 saturated carbocycles. The number of nitro benzene ring substituents is 1. The molecule has 0 spiro atoms. The molecule has 0 fully saturated rings. The van der Waals surface area contributed by atoms with Crippen molar-refractivity contribution in [2.45, 2.75) is 12.8 Å². The monoisotopic (exact) mass is 327 g/mol. The van der Waals surface area contributed by atoms with E-state index in [1.807, 2.05) is 0 Å². The van der Waals surface area contributed by atoms with Crippen LogP contribution in [-0.2, 0) is 0 Å². The Morgan fingerprint density at radius 1 is 1.12 bits per heavy atom. The second-order valence-electron chi connectivity index (χ2n) is 5.39. The fourth-order valence-corrected chi connectivity index (χ4v) is 2.51. The summed E-state index contributed by atoms with van der Waals surface area (Å²) < 4.78 is 13.0. The highest BCUT2D eigenvalue weighted by Gasteiger charge is 2.21. The number of amides is 1. The van der Waals surface area contributed by atoms with E-state index in [-0.39, 0.29) is 17.4 Å². The molecule has 0 bridgehead atoms. The van der Waals surface area contributed by atoms with Gasteiger partial charge in [0.1, 0.15) is 5.82 Å². The fraction of sp³-hybridized carbons (Fsp3) is 0.176. The molecule has 7 heteroatoms. The van der Waals surface area contributed by atoms with Crippen molar-refractivity contribution in [2.24, 2.45) is 5.10 Å². The molecule has 6 nitrogen and oxygen atoms in total. The highest BCUT2D eigenvalue weighted by atomic mass is 19.1. The van der Waals surface area contributed by atoms with E-state index in [0.29, 0.717) is 18.5 Å². The lowest BCUT2D eigenvalue weighted by Crippen LogP contribution is -2.32. The molecule has 2 aromatic carbocycles. The SMILES string of the molecule is O=C(c1ccc([N+](=O)[O-])cc1)N1CCCC(c2ccc(F)cc2)=N1. The van der Waals surface area contributed by atoms with Gasteiger partial charge in [0.25, 0.3) is 11.6 Å². The summed E-state index contributed by atoms with van der Waals surface area (Å²) in [6.45, 7) is 0.473. The predicted octanol–water partition coefficient (Wildman–Crippen LogP) is 3.37. The molecule has 1 aliphatic rings. The topological polar surface area (TPSA) is 75.8 Å². The smallest absolute Gasteiger partial charge is 0.267 e. The zero-order chi connectivity index (χ0) is 17.1. The number of carbonyl (C=O) groups excluding carboxylic acids is 1. The van der Waals surface area contributed by atoms with Crippen molar-refractivity contribution in [3.8, 4) is 0 Å². The molecule has 0 unspecified atom stereocenters. The van der Waals surface area contributed by atoms with Gasteiger partial charge in [0.15, 0.2) is 0 Å². The standard InChI is InChI=1S/C17H14FN3O3/c18-14-7-3-12(4-8-14)16-2-1-11-20(19-16)17(22)13-5-9-15(10-6-13)21(23)24/h3-10H,1-2,11H2. The number of nitro groups is 1. The van der Waals surface area contributed by atoms with Crippen molar-refractivity contribution < 1.29 is 14.1 Å². The first-order valence-corrected chi connectivity index (χ1v) is 7.44. The fourth-order valence-electron chi connectivity index (χ4n) is 2.51. The van der Waals surface area contributed by atoms with Gasteiger partial charge < -0.3 is 0 Å². The number of hydrogen-bond acceptors (Lipinski definition) is 4. The minimum absolute atomic E-state index is 0.0688. The summed E-state index contributed by atoms with van der Waals surface area (Å²) in [5.41, 5.74) is 1.76. The van der Waals surface area contributed by atoms with Crippen molar-refractivity contribution in [3.05, 3.63) is 75.6 Å². The highest BCUT2D eigenvalue weighted by Crippen LogP contribution is 2.18. The summed E-state index contributed by atoms with van der Waals surface area (Å²) >= 11 is 0. The summed E-state index contributed by atoms with van der Waals surface area (Å²) in [6.07, 6.45) is 1.45. The molecule has 0 saturated heterocycles. The van der Waals surface area contributed by atoms with Gasteiger partial charge in [-0.05, 0) is 42.7 Å². The van der Waals surface area contributed by atoms with E-state index in [4.69, 9.17) is 0 Å². The quantitative estimate of drug-likeness (QED) is 0.640. The largest absolute Gasteiger partial charge is 0.273 e. The minimum atomic E-state index is -0.514. The van der Waals surface area contributed by atoms with Crippen molar-refractivity contribution in [2.75, 3.05) is 6.54 Å². The third-order valence-electron chi connectivity index (χ3n) is 3.76. The lowest BCUT2D eigenvalue weighted by atomic mass is 10.0. The van der Waals surface area contributed by atoms with Crippen LogP contribution in [0.15, 0.2) is 53.6 Å². The van der Waals surface area contributed by atoms with Crippen LogP contribution in [0.5, 0.6) is 0 Å². The van der Waals surface area contributed by atoms with Crippen molar-refractivity contribution in [3.63, 3.8) is 0 Å². The van der Waals surface area contributed by atoms with E-state index in [1.54, 1.807) is 12.1 Å². The summed E-state index contributed by atoms with van der Waals surface area (Å²) in [4.78, 5) is 22.7. The summed E-state index contributed by atoms with van der Waals surface area (Å²) in [5, 5.41) is 16.4. The second kappa shape index (κ2) is 6.57. The molecular weight excluding hydrogens is 313 g/mol. The third kappa shape index (κ3) is 3.29. The molecule has 0 aliphatic carbocycles. The average molecular weight is 327 g/mol. The maximum atomic E-state index is 13.0. The molecule has 1 aliphatic heterocycles. The molecule has 0 aromatic heterocycles. The van der Waals surface area contributed by atoms with Crippen LogP contribution in [0.3, 0.4) is 0 Å². The van der Waals surface area contributed by atoms with Gasteiger partial charge in [-0.1, -0.05) is 12.1 Å². The van der Waals surface area contributed by atoms with Gasteiger partial charge in [0.2, 0.25) is 0 Å². The Balaban J connectivity index is 1.82. The minimum Gasteiger partial charge on any atom is -0.267 e. The zero-order valence-corrected chi connectivity index (χ0v) is 12.7. The Kier molecular flexibility index (Phi) is 4.33. The van der Waals surface area contributed by atoms with Gasteiger partial charge in [0.05, 0.1) is 10.6 Å². The van der Waals surface area contributed by atoms with Crippen LogP contribution in [0, 0.1) is 15.9 Å². The Hall–Kier alpha value is -3.09. The van der Waals surface area contributed by atoms with Crippen molar-refractivity contribution >= 4 is 17.3 Å². The molecule has 1 amide bonds. The van der Waals surface area contributed by atoms with Gasteiger partial charge in [-0.2, -0.15) is 5.10 Å². The van der Waals surface area contributed by atoms with Gasteiger partial charge in [-0.25, -0.2) is 9.40 Å². The number of halogens is 1. The van der Waals surface area contributed by atoms with E-state index in [2.05, 4.69) is 5.10 Å². The lowest BCUT2D eigenvalue weighted by molar-refractivity contribution is -0.384. The molecule has 3 rings (SSSR count). The third-order valence-corrected chi connectivity index (χ3v) is 3.76. The Bertz CT molecular complexity index is 801. The Morgan fingerprint density at radius 3 is 2.42 bits per heavy atom. The molecule has 122 valence electrons. The molecular formula is C17H14FN3O3. The summed E-state index contributed by atoms with van der Waals surface area (Å²) in [5.74, 6) is -0.641. The maximum absolute atomic E-state index is 13.0. The number of rotatable bonds is 3. The first-order valence-electron chi connectivity index (χ1n) is 7.44. The normalized spacial score (nSPS) is 14.2. The van der Waals surface area contributed by atoms with Gasteiger partial charge in [-0.15, -0.1) is 0 Å². The van der Waals surface area contributed by atoms with Crippen LogP contribution in [0.25, 0.3) is 0 Å². The molecule has 1 heterocycles. The molecule has 24 heavy (non-hydrogen) atoms. The van der Waals surface area contributed by atoms with Crippen LogP contribution in [0.2, 0.25) is 0 Å². The second-order valence-corrected chi connectivity index (χ2v) is 5.39. The molecule has 0 N–H and O–H groups in total. The number of benzene rings is 2. The first-order chi connectivity index (χ1) is 11.5. The predicted molar refractivity (Wildman–Crippen MR) is 86.3 cm³/mol. The first kappa shape index (κ1) is 15.8. The summed E-state index contributed by atoms with van der Waals surface area (Å²) in [7, 11) is 0. The summed E-state index contributed by atoms with van der Waals surface area (Å²) in [6, 6.07) is 11.4. The number of nitrogens with zero attached hydrogens (tertiary/aromatic N) is 3. The van der Waals surface area contributed by atoms with Crippen molar-refractivity contribution in [1.82, 2.24) is 5.01 Å². The number of non-ortho nitro benzene ring substituents is 1. The number of carbonyl (C=O) groups is 1.